The van der Waals surface area contributed by atoms with Gasteiger partial charge in [0.05, 0.1) is 17.9 Å². The molecule has 1 aromatic carbocycles. The lowest BCUT2D eigenvalue weighted by molar-refractivity contribution is -0.132. The minimum absolute atomic E-state index is 0. The van der Waals surface area contributed by atoms with Gasteiger partial charge in [-0.25, -0.2) is 8.42 Å². The molecule has 0 bridgehead atoms. The molecule has 1 amide bonds. The van der Waals surface area contributed by atoms with Crippen molar-refractivity contribution < 1.29 is 17.9 Å². The van der Waals surface area contributed by atoms with Gasteiger partial charge in [0.25, 0.3) is 0 Å². The van der Waals surface area contributed by atoms with Crippen molar-refractivity contribution in [2.45, 2.75) is 30.2 Å². The van der Waals surface area contributed by atoms with Gasteiger partial charge in [-0.3, -0.25) is 4.79 Å². The van der Waals surface area contributed by atoms with Gasteiger partial charge in [0, 0.05) is 25.4 Å². The van der Waals surface area contributed by atoms with E-state index in [0.717, 1.165) is 25.9 Å². The van der Waals surface area contributed by atoms with E-state index in [2.05, 4.69) is 5.32 Å². The van der Waals surface area contributed by atoms with Gasteiger partial charge in [0.1, 0.15) is 5.75 Å². The van der Waals surface area contributed by atoms with Crippen LogP contribution in [0.1, 0.15) is 19.3 Å². The van der Waals surface area contributed by atoms with E-state index in [4.69, 9.17) is 4.74 Å². The maximum Gasteiger partial charge on any atom is 0.226 e. The summed E-state index contributed by atoms with van der Waals surface area (Å²) in [6.07, 6.45) is 3.58. The number of amides is 1. The van der Waals surface area contributed by atoms with Crippen molar-refractivity contribution >= 4 is 28.2 Å². The number of carbonyl (C=O) groups is 1. The molecule has 1 aromatic rings. The Morgan fingerprint density at radius 2 is 2.00 bits per heavy atom. The molecule has 1 fully saturated rings. The van der Waals surface area contributed by atoms with E-state index in [0.29, 0.717) is 18.8 Å². The molecule has 6 nitrogen and oxygen atoms in total. The maximum absolute atomic E-state index is 12.2. The number of likely N-dealkylation sites (N-methyl/N-ethyl adjacent to an activating group) is 1. The summed E-state index contributed by atoms with van der Waals surface area (Å²) in [7, 11) is -1.31. The SMILES string of the molecule is CNCC1CCCN1C(=O)CCOc1ccc(S(C)(=O)=O)cc1.Cl. The van der Waals surface area contributed by atoms with Gasteiger partial charge in [-0.15, -0.1) is 12.4 Å². The van der Waals surface area contributed by atoms with Gasteiger partial charge >= 0.3 is 0 Å². The zero-order valence-corrected chi connectivity index (χ0v) is 15.7. The molecule has 0 spiro atoms. The molecule has 0 saturated carbocycles. The van der Waals surface area contributed by atoms with Gasteiger partial charge in [0.15, 0.2) is 9.84 Å². The average molecular weight is 377 g/mol. The number of ether oxygens (including phenoxy) is 1. The normalized spacial score (nSPS) is 17.4. The number of hydrogen-bond acceptors (Lipinski definition) is 5. The second-order valence-electron chi connectivity index (χ2n) is 5.78. The Kier molecular flexibility index (Phi) is 7.99. The molecule has 1 unspecified atom stereocenters. The first-order valence-electron chi connectivity index (χ1n) is 7.79. The fourth-order valence-electron chi connectivity index (χ4n) is 2.79. The van der Waals surface area contributed by atoms with Crippen molar-refractivity contribution in [3.63, 3.8) is 0 Å². The second kappa shape index (κ2) is 9.25. The zero-order chi connectivity index (χ0) is 16.9. The fourth-order valence-corrected chi connectivity index (χ4v) is 3.43. The first-order chi connectivity index (χ1) is 10.9. The number of nitrogens with zero attached hydrogens (tertiary/aromatic N) is 1. The molecule has 1 N–H and O–H groups in total. The first-order valence-corrected chi connectivity index (χ1v) is 9.68. The first kappa shape index (κ1) is 20.7. The highest BCUT2D eigenvalue weighted by Gasteiger charge is 2.27. The third-order valence-electron chi connectivity index (χ3n) is 3.97. The molecular formula is C16H25ClN2O4S. The van der Waals surface area contributed by atoms with Gasteiger partial charge in [-0.2, -0.15) is 0 Å². The number of likely N-dealkylation sites (tertiary alicyclic amines) is 1. The molecule has 2 rings (SSSR count). The van der Waals surface area contributed by atoms with Gasteiger partial charge in [-0.05, 0) is 44.2 Å². The largest absolute Gasteiger partial charge is 0.493 e. The molecule has 0 aliphatic carbocycles. The van der Waals surface area contributed by atoms with Crippen molar-refractivity contribution in [3.05, 3.63) is 24.3 Å². The van der Waals surface area contributed by atoms with Crippen molar-refractivity contribution in [1.82, 2.24) is 10.2 Å². The molecule has 1 aliphatic rings. The Morgan fingerprint density at radius 3 is 2.58 bits per heavy atom. The highest BCUT2D eigenvalue weighted by atomic mass is 35.5. The minimum Gasteiger partial charge on any atom is -0.493 e. The number of hydrogen-bond donors (Lipinski definition) is 1. The van der Waals surface area contributed by atoms with E-state index in [1.165, 1.54) is 18.4 Å². The lowest BCUT2D eigenvalue weighted by Crippen LogP contribution is -2.41. The van der Waals surface area contributed by atoms with Crippen LogP contribution in [0.5, 0.6) is 5.75 Å². The molecule has 1 heterocycles. The van der Waals surface area contributed by atoms with Gasteiger partial charge < -0.3 is 15.0 Å². The summed E-state index contributed by atoms with van der Waals surface area (Å²) in [5.74, 6) is 0.675. The van der Waals surface area contributed by atoms with Crippen LogP contribution in [-0.2, 0) is 14.6 Å². The van der Waals surface area contributed by atoms with Crippen LogP contribution in [0.15, 0.2) is 29.2 Å². The molecule has 0 radical (unpaired) electrons. The van der Waals surface area contributed by atoms with Crippen molar-refractivity contribution in [3.8, 4) is 5.75 Å². The standard InChI is InChI=1S/C16H24N2O4S.ClH/c1-17-12-13-4-3-10-18(13)16(19)9-11-22-14-5-7-15(8-6-14)23(2,20)21;/h5-8,13,17H,3-4,9-12H2,1-2H3;1H. The molecule has 1 atom stereocenters. The Bertz CT molecular complexity index is 634. The number of carbonyl (C=O) groups excluding carboxylic acids is 1. The van der Waals surface area contributed by atoms with E-state index in [1.807, 2.05) is 11.9 Å². The van der Waals surface area contributed by atoms with E-state index in [1.54, 1.807) is 12.1 Å². The molecule has 1 saturated heterocycles. The van der Waals surface area contributed by atoms with Crippen LogP contribution in [0.2, 0.25) is 0 Å². The van der Waals surface area contributed by atoms with Crippen molar-refractivity contribution in [2.75, 3.05) is 33.0 Å². The van der Waals surface area contributed by atoms with Gasteiger partial charge in [-0.1, -0.05) is 0 Å². The van der Waals surface area contributed by atoms with Crippen LogP contribution in [0.3, 0.4) is 0 Å². The van der Waals surface area contributed by atoms with E-state index < -0.39 is 9.84 Å². The smallest absolute Gasteiger partial charge is 0.226 e. The lowest BCUT2D eigenvalue weighted by atomic mass is 10.2. The highest BCUT2D eigenvalue weighted by Crippen LogP contribution is 2.19. The Labute approximate surface area is 149 Å². The third kappa shape index (κ3) is 5.65. The second-order valence-corrected chi connectivity index (χ2v) is 7.80. The van der Waals surface area contributed by atoms with Crippen molar-refractivity contribution in [2.24, 2.45) is 0 Å². The fraction of sp³-hybridized carbons (Fsp3) is 0.562. The van der Waals surface area contributed by atoms with Crippen LogP contribution in [-0.4, -0.2) is 58.3 Å². The summed E-state index contributed by atoms with van der Waals surface area (Å²) in [5.41, 5.74) is 0. The Balaban J connectivity index is 0.00000288. The van der Waals surface area contributed by atoms with E-state index in [-0.39, 0.29) is 29.3 Å². The predicted molar refractivity (Wildman–Crippen MR) is 95.6 cm³/mol. The molecule has 136 valence electrons. The number of nitrogens with one attached hydrogen (secondary N) is 1. The quantitative estimate of drug-likeness (QED) is 0.780. The number of sulfone groups is 1. The van der Waals surface area contributed by atoms with Gasteiger partial charge in [0.2, 0.25) is 5.91 Å². The summed E-state index contributed by atoms with van der Waals surface area (Å²) in [4.78, 5) is 14.4. The summed E-state index contributed by atoms with van der Waals surface area (Å²) >= 11 is 0. The Morgan fingerprint density at radius 1 is 1.33 bits per heavy atom. The highest BCUT2D eigenvalue weighted by molar-refractivity contribution is 7.90. The predicted octanol–water partition coefficient (Wildman–Crippen LogP) is 1.49. The molecule has 1 aliphatic heterocycles. The summed E-state index contributed by atoms with van der Waals surface area (Å²) in [6.45, 7) is 1.92. The van der Waals surface area contributed by atoms with Crippen LogP contribution >= 0.6 is 12.4 Å². The van der Waals surface area contributed by atoms with Crippen molar-refractivity contribution in [1.29, 1.82) is 0 Å². The maximum atomic E-state index is 12.2. The number of halogens is 1. The monoisotopic (exact) mass is 376 g/mol. The molecule has 0 aromatic heterocycles. The van der Waals surface area contributed by atoms with Crippen LogP contribution < -0.4 is 10.1 Å². The topological polar surface area (TPSA) is 75.7 Å². The molecule has 24 heavy (non-hydrogen) atoms. The average Bonchev–Trinajstić information content (AvgIpc) is 2.95. The number of benzene rings is 1. The number of rotatable bonds is 7. The summed E-state index contributed by atoms with van der Waals surface area (Å²) in [6, 6.07) is 6.52. The summed E-state index contributed by atoms with van der Waals surface area (Å²) < 4.78 is 28.3. The van der Waals surface area contributed by atoms with Crippen LogP contribution in [0.4, 0.5) is 0 Å². The lowest BCUT2D eigenvalue weighted by Gasteiger charge is -2.24. The van der Waals surface area contributed by atoms with E-state index >= 15 is 0 Å². The Hall–Kier alpha value is -1.31. The molecular weight excluding hydrogens is 352 g/mol. The van der Waals surface area contributed by atoms with Crippen LogP contribution in [0.25, 0.3) is 0 Å². The van der Waals surface area contributed by atoms with E-state index in [9.17, 15) is 13.2 Å². The molecule has 8 heteroatoms. The van der Waals surface area contributed by atoms with Crippen LogP contribution in [0, 0.1) is 0 Å². The third-order valence-corrected chi connectivity index (χ3v) is 5.10. The zero-order valence-electron chi connectivity index (χ0n) is 14.0. The summed E-state index contributed by atoms with van der Waals surface area (Å²) in [5, 5.41) is 3.12. The minimum atomic E-state index is -3.20.